The molecule has 9 heteroatoms. The first-order valence-corrected chi connectivity index (χ1v) is 11.0. The lowest BCUT2D eigenvalue weighted by Crippen LogP contribution is -2.38. The Morgan fingerprint density at radius 2 is 1.79 bits per heavy atom. The number of hydrogen-bond donors (Lipinski definition) is 1. The largest absolute Gasteiger partial charge is 0.493 e. The van der Waals surface area contributed by atoms with Crippen LogP contribution in [0.25, 0.3) is 10.2 Å². The third kappa shape index (κ3) is 4.27. The van der Waals surface area contributed by atoms with Crippen molar-refractivity contribution in [3.63, 3.8) is 0 Å². The molecule has 170 valence electrons. The Bertz CT molecular complexity index is 1440. The van der Waals surface area contributed by atoms with E-state index < -0.39 is 11.2 Å². The van der Waals surface area contributed by atoms with Gasteiger partial charge in [-0.25, -0.2) is 4.79 Å². The van der Waals surface area contributed by atoms with Crippen molar-refractivity contribution in [2.45, 2.75) is 13.1 Å². The molecule has 0 unspecified atom stereocenters. The summed E-state index contributed by atoms with van der Waals surface area (Å²) in [6.45, 7) is 0.375. The molecule has 8 nitrogen and oxygen atoms in total. The Morgan fingerprint density at radius 3 is 2.48 bits per heavy atom. The number of ether oxygens (including phenoxy) is 2. The molecule has 4 aromatic rings. The number of amides is 1. The van der Waals surface area contributed by atoms with E-state index >= 15 is 0 Å². The second-order valence-corrected chi connectivity index (χ2v) is 8.41. The maximum Gasteiger partial charge on any atom is 0.332 e. The molecule has 2 heterocycles. The van der Waals surface area contributed by atoms with Gasteiger partial charge in [-0.1, -0.05) is 42.5 Å². The average Bonchev–Trinajstić information content (AvgIpc) is 3.30. The van der Waals surface area contributed by atoms with Gasteiger partial charge in [-0.3, -0.25) is 18.7 Å². The number of rotatable bonds is 7. The van der Waals surface area contributed by atoms with Crippen LogP contribution in [0.5, 0.6) is 11.5 Å². The topological polar surface area (TPSA) is 91.6 Å². The van der Waals surface area contributed by atoms with Crippen LogP contribution in [0.2, 0.25) is 0 Å². The van der Waals surface area contributed by atoms with Crippen LogP contribution >= 0.6 is 11.3 Å². The van der Waals surface area contributed by atoms with Crippen molar-refractivity contribution in [2.75, 3.05) is 14.2 Å². The molecular formula is C24H23N3O5S. The van der Waals surface area contributed by atoms with Crippen LogP contribution in [0.15, 0.2) is 64.2 Å². The molecule has 0 bridgehead atoms. The standard InChI is InChI=1S/C24H23N3O5S/c1-26-23-17(22(29)27(24(26)30)14-15-8-5-4-6-9-15)12-19(33-23)21(28)25-13-16-10-7-11-18(31-2)20(16)32-3/h4-12H,13-14H2,1-3H3,(H,25,28). The minimum atomic E-state index is -0.425. The Balaban J connectivity index is 1.64. The molecule has 0 saturated heterocycles. The second-order valence-electron chi connectivity index (χ2n) is 7.38. The predicted molar refractivity (Wildman–Crippen MR) is 128 cm³/mol. The molecule has 0 aliphatic rings. The molecule has 0 fully saturated rings. The second kappa shape index (κ2) is 9.33. The van der Waals surface area contributed by atoms with E-state index in [1.165, 1.54) is 16.2 Å². The third-order valence-electron chi connectivity index (χ3n) is 5.34. The molecule has 0 radical (unpaired) electrons. The monoisotopic (exact) mass is 465 g/mol. The molecule has 4 rings (SSSR count). The van der Waals surface area contributed by atoms with Gasteiger partial charge in [-0.05, 0) is 17.7 Å². The number of benzene rings is 2. The molecule has 0 aliphatic heterocycles. The number of para-hydroxylation sites is 1. The normalized spacial score (nSPS) is 10.9. The van der Waals surface area contributed by atoms with Gasteiger partial charge in [0.05, 0.1) is 31.0 Å². The van der Waals surface area contributed by atoms with Crippen LogP contribution < -0.4 is 26.0 Å². The van der Waals surface area contributed by atoms with Gasteiger partial charge < -0.3 is 14.8 Å². The lowest BCUT2D eigenvalue weighted by Gasteiger charge is -2.12. The fraction of sp³-hybridized carbons (Fsp3) is 0.208. The number of carbonyl (C=O) groups excluding carboxylic acids is 1. The molecule has 2 aromatic heterocycles. The lowest BCUT2D eigenvalue weighted by molar-refractivity contribution is 0.0954. The number of thiophene rings is 1. The first kappa shape index (κ1) is 22.3. The zero-order valence-corrected chi connectivity index (χ0v) is 19.3. The van der Waals surface area contributed by atoms with Crippen molar-refractivity contribution in [1.29, 1.82) is 0 Å². The number of aromatic nitrogens is 2. The van der Waals surface area contributed by atoms with Gasteiger partial charge in [0, 0.05) is 19.2 Å². The maximum absolute atomic E-state index is 13.1. The number of nitrogens with zero attached hydrogens (tertiary/aromatic N) is 2. The van der Waals surface area contributed by atoms with Crippen molar-refractivity contribution < 1.29 is 14.3 Å². The highest BCUT2D eigenvalue weighted by atomic mass is 32.1. The summed E-state index contributed by atoms with van der Waals surface area (Å²) in [6.07, 6.45) is 0. The summed E-state index contributed by atoms with van der Waals surface area (Å²) in [6, 6.07) is 16.3. The summed E-state index contributed by atoms with van der Waals surface area (Å²) >= 11 is 1.11. The van der Waals surface area contributed by atoms with Gasteiger partial charge in [-0.15, -0.1) is 11.3 Å². The number of fused-ring (bicyclic) bond motifs is 1. The molecule has 2 aromatic carbocycles. The predicted octanol–water partition coefficient (Wildman–Crippen LogP) is 2.76. The highest BCUT2D eigenvalue weighted by Gasteiger charge is 2.18. The molecular weight excluding hydrogens is 442 g/mol. The van der Waals surface area contributed by atoms with Gasteiger partial charge >= 0.3 is 5.69 Å². The Kier molecular flexibility index (Phi) is 6.32. The van der Waals surface area contributed by atoms with Crippen molar-refractivity contribution >= 4 is 27.5 Å². The molecule has 1 amide bonds. The fourth-order valence-corrected chi connectivity index (χ4v) is 4.68. The smallest absolute Gasteiger partial charge is 0.332 e. The van der Waals surface area contributed by atoms with E-state index in [1.54, 1.807) is 26.3 Å². The number of carbonyl (C=O) groups is 1. The van der Waals surface area contributed by atoms with Crippen LogP contribution in [0.3, 0.4) is 0 Å². The Morgan fingerprint density at radius 1 is 1.03 bits per heavy atom. The van der Waals surface area contributed by atoms with E-state index in [2.05, 4.69) is 5.32 Å². The highest BCUT2D eigenvalue weighted by molar-refractivity contribution is 7.20. The number of aryl methyl sites for hydroxylation is 1. The van der Waals surface area contributed by atoms with Gasteiger partial charge in [0.15, 0.2) is 11.5 Å². The van der Waals surface area contributed by atoms with Gasteiger partial charge in [0.2, 0.25) is 0 Å². The van der Waals surface area contributed by atoms with Crippen LogP contribution in [0.4, 0.5) is 0 Å². The minimum Gasteiger partial charge on any atom is -0.493 e. The molecule has 0 aliphatic carbocycles. The number of hydrogen-bond acceptors (Lipinski definition) is 6. The lowest BCUT2D eigenvalue weighted by atomic mass is 10.2. The number of nitrogens with one attached hydrogen (secondary N) is 1. The van der Waals surface area contributed by atoms with E-state index in [4.69, 9.17) is 9.47 Å². The summed E-state index contributed by atoms with van der Waals surface area (Å²) in [7, 11) is 4.69. The first-order valence-electron chi connectivity index (χ1n) is 10.2. The van der Waals surface area contributed by atoms with Crippen molar-refractivity contribution in [2.24, 2.45) is 7.05 Å². The van der Waals surface area contributed by atoms with E-state index in [1.807, 2.05) is 42.5 Å². The van der Waals surface area contributed by atoms with Gasteiger partial charge in [0.1, 0.15) is 4.83 Å². The van der Waals surface area contributed by atoms with E-state index in [0.29, 0.717) is 26.6 Å². The zero-order chi connectivity index (χ0) is 23.5. The molecule has 1 N–H and O–H groups in total. The molecule has 33 heavy (non-hydrogen) atoms. The third-order valence-corrected chi connectivity index (χ3v) is 6.55. The van der Waals surface area contributed by atoms with Gasteiger partial charge in [0.25, 0.3) is 11.5 Å². The maximum atomic E-state index is 13.1. The summed E-state index contributed by atoms with van der Waals surface area (Å²) in [4.78, 5) is 39.6. The average molecular weight is 466 g/mol. The highest BCUT2D eigenvalue weighted by Crippen LogP contribution is 2.30. The van der Waals surface area contributed by atoms with Gasteiger partial charge in [-0.2, -0.15) is 0 Å². The first-order chi connectivity index (χ1) is 15.9. The summed E-state index contributed by atoms with van der Waals surface area (Å²) < 4.78 is 13.3. The summed E-state index contributed by atoms with van der Waals surface area (Å²) in [5.41, 5.74) is 0.758. The summed E-state index contributed by atoms with van der Waals surface area (Å²) in [5.74, 6) is 0.769. The SMILES string of the molecule is COc1cccc(CNC(=O)c2cc3c(=O)n(Cc4ccccc4)c(=O)n(C)c3s2)c1OC. The van der Waals surface area contributed by atoms with Crippen molar-refractivity contribution in [3.05, 3.63) is 91.4 Å². The summed E-state index contributed by atoms with van der Waals surface area (Å²) in [5, 5.41) is 3.19. The Hall–Kier alpha value is -3.85. The fourth-order valence-electron chi connectivity index (χ4n) is 3.66. The van der Waals surface area contributed by atoms with Crippen molar-refractivity contribution in [3.8, 4) is 11.5 Å². The number of methoxy groups -OCH3 is 2. The van der Waals surface area contributed by atoms with Crippen LogP contribution in [-0.2, 0) is 20.1 Å². The van der Waals surface area contributed by atoms with Crippen LogP contribution in [0.1, 0.15) is 20.8 Å². The van der Waals surface area contributed by atoms with Crippen molar-refractivity contribution in [1.82, 2.24) is 14.5 Å². The minimum absolute atomic E-state index is 0.162. The van der Waals surface area contributed by atoms with E-state index in [0.717, 1.165) is 22.5 Å². The quantitative estimate of drug-likeness (QED) is 0.453. The zero-order valence-electron chi connectivity index (χ0n) is 18.5. The van der Waals surface area contributed by atoms with Crippen LogP contribution in [-0.4, -0.2) is 29.3 Å². The van der Waals surface area contributed by atoms with E-state index in [-0.39, 0.29) is 19.0 Å². The van der Waals surface area contributed by atoms with E-state index in [9.17, 15) is 14.4 Å². The van der Waals surface area contributed by atoms with Crippen LogP contribution in [0, 0.1) is 0 Å². The molecule has 0 spiro atoms. The Labute approximate surface area is 193 Å². The molecule has 0 saturated carbocycles. The molecule has 0 atom stereocenters.